The average molecular weight is 446 g/mol. The SMILES string of the molecule is COc1cc(C(CCc2ccccc2)C(C)NC(=O)OC(C)(C)C)ccc1-c1ccccc1. The van der Waals surface area contributed by atoms with Crippen molar-refractivity contribution >= 4 is 6.09 Å². The number of amides is 1. The molecule has 3 aromatic carbocycles. The zero-order valence-corrected chi connectivity index (χ0v) is 20.3. The third-order valence-electron chi connectivity index (χ3n) is 5.67. The van der Waals surface area contributed by atoms with Crippen LogP contribution in [0.3, 0.4) is 0 Å². The van der Waals surface area contributed by atoms with Crippen molar-refractivity contribution in [2.75, 3.05) is 7.11 Å². The monoisotopic (exact) mass is 445 g/mol. The van der Waals surface area contributed by atoms with Crippen LogP contribution in [-0.2, 0) is 11.2 Å². The molecule has 3 aromatic rings. The fourth-order valence-electron chi connectivity index (χ4n) is 4.06. The quantitative estimate of drug-likeness (QED) is 0.406. The fourth-order valence-corrected chi connectivity index (χ4v) is 4.06. The molecule has 0 spiro atoms. The number of aryl methyl sites for hydroxylation is 1. The van der Waals surface area contributed by atoms with Crippen molar-refractivity contribution in [3.63, 3.8) is 0 Å². The summed E-state index contributed by atoms with van der Waals surface area (Å²) in [5.41, 5.74) is 4.04. The van der Waals surface area contributed by atoms with E-state index in [-0.39, 0.29) is 12.0 Å². The number of carbonyl (C=O) groups excluding carboxylic acids is 1. The summed E-state index contributed by atoms with van der Waals surface area (Å²) in [4.78, 5) is 12.5. The molecule has 2 unspecified atom stereocenters. The first-order valence-electron chi connectivity index (χ1n) is 11.5. The summed E-state index contributed by atoms with van der Waals surface area (Å²) < 4.78 is 11.3. The molecular formula is C29H35NO3. The van der Waals surface area contributed by atoms with E-state index in [1.165, 1.54) is 5.56 Å². The first-order chi connectivity index (χ1) is 15.8. The normalized spacial score (nSPS) is 13.1. The summed E-state index contributed by atoms with van der Waals surface area (Å²) in [6, 6.07) is 26.9. The number of hydrogen-bond donors (Lipinski definition) is 1. The van der Waals surface area contributed by atoms with Crippen LogP contribution in [0.5, 0.6) is 5.75 Å². The van der Waals surface area contributed by atoms with Gasteiger partial charge in [0, 0.05) is 17.5 Å². The van der Waals surface area contributed by atoms with E-state index in [1.807, 2.05) is 52.0 Å². The van der Waals surface area contributed by atoms with E-state index in [9.17, 15) is 4.79 Å². The standard InChI is InChI=1S/C29H35NO3/c1-21(30-28(31)33-29(2,3)4)25(18-16-22-12-8-6-9-13-22)24-17-19-26(27(20-24)32-5)23-14-10-7-11-15-23/h6-15,17,19-21,25H,16,18H2,1-5H3,(H,30,31). The lowest BCUT2D eigenvalue weighted by Gasteiger charge is -2.28. The first-order valence-corrected chi connectivity index (χ1v) is 11.5. The maximum Gasteiger partial charge on any atom is 0.407 e. The minimum atomic E-state index is -0.538. The van der Waals surface area contributed by atoms with Gasteiger partial charge in [-0.1, -0.05) is 72.8 Å². The Hall–Kier alpha value is -3.27. The predicted molar refractivity (Wildman–Crippen MR) is 135 cm³/mol. The molecule has 0 saturated carbocycles. The Labute approximate surface area is 197 Å². The summed E-state index contributed by atoms with van der Waals surface area (Å²) in [6.07, 6.45) is 1.40. The molecular weight excluding hydrogens is 410 g/mol. The largest absolute Gasteiger partial charge is 0.496 e. The zero-order chi connectivity index (χ0) is 23.8. The molecule has 174 valence electrons. The van der Waals surface area contributed by atoms with Crippen molar-refractivity contribution in [1.82, 2.24) is 5.32 Å². The van der Waals surface area contributed by atoms with Gasteiger partial charge in [0.2, 0.25) is 0 Å². The lowest BCUT2D eigenvalue weighted by molar-refractivity contribution is 0.0500. The van der Waals surface area contributed by atoms with Crippen LogP contribution >= 0.6 is 0 Å². The summed E-state index contributed by atoms with van der Waals surface area (Å²) in [5.74, 6) is 0.921. The Bertz CT molecular complexity index is 1030. The molecule has 0 aliphatic heterocycles. The van der Waals surface area contributed by atoms with Crippen LogP contribution in [0.4, 0.5) is 4.79 Å². The van der Waals surface area contributed by atoms with Crippen LogP contribution < -0.4 is 10.1 Å². The van der Waals surface area contributed by atoms with Crippen LogP contribution in [0.15, 0.2) is 78.9 Å². The molecule has 0 radical (unpaired) electrons. The Kier molecular flexibility index (Phi) is 8.16. The number of rotatable bonds is 8. The molecule has 0 aliphatic rings. The van der Waals surface area contributed by atoms with E-state index in [0.29, 0.717) is 0 Å². The maximum atomic E-state index is 12.5. The Morgan fingerprint density at radius 2 is 1.58 bits per heavy atom. The minimum Gasteiger partial charge on any atom is -0.496 e. The van der Waals surface area contributed by atoms with E-state index in [1.54, 1.807) is 7.11 Å². The Morgan fingerprint density at radius 1 is 0.939 bits per heavy atom. The average Bonchev–Trinajstić information content (AvgIpc) is 2.79. The molecule has 4 heteroatoms. The van der Waals surface area contributed by atoms with E-state index < -0.39 is 11.7 Å². The molecule has 0 bridgehead atoms. The molecule has 4 nitrogen and oxygen atoms in total. The molecule has 1 N–H and O–H groups in total. The van der Waals surface area contributed by atoms with Crippen molar-refractivity contribution in [3.05, 3.63) is 90.0 Å². The molecule has 0 heterocycles. The summed E-state index contributed by atoms with van der Waals surface area (Å²) in [6.45, 7) is 7.66. The van der Waals surface area contributed by atoms with Gasteiger partial charge in [0.1, 0.15) is 11.4 Å². The van der Waals surface area contributed by atoms with E-state index in [0.717, 1.165) is 35.3 Å². The number of methoxy groups -OCH3 is 1. The van der Waals surface area contributed by atoms with Gasteiger partial charge in [0.15, 0.2) is 0 Å². The van der Waals surface area contributed by atoms with Gasteiger partial charge in [0.25, 0.3) is 0 Å². The highest BCUT2D eigenvalue weighted by molar-refractivity contribution is 5.71. The van der Waals surface area contributed by atoms with Gasteiger partial charge in [0.05, 0.1) is 7.11 Å². The second-order valence-electron chi connectivity index (χ2n) is 9.39. The molecule has 3 rings (SSSR count). The molecule has 0 fully saturated rings. The number of alkyl carbamates (subject to hydrolysis) is 1. The van der Waals surface area contributed by atoms with Crippen molar-refractivity contribution in [3.8, 4) is 16.9 Å². The molecule has 1 amide bonds. The van der Waals surface area contributed by atoms with E-state index in [4.69, 9.17) is 9.47 Å². The number of nitrogens with one attached hydrogen (secondary N) is 1. The van der Waals surface area contributed by atoms with Crippen LogP contribution in [0, 0.1) is 0 Å². The second kappa shape index (κ2) is 11.0. The minimum absolute atomic E-state index is 0.0939. The van der Waals surface area contributed by atoms with Crippen LogP contribution in [0.1, 0.15) is 51.2 Å². The van der Waals surface area contributed by atoms with Crippen molar-refractivity contribution in [2.24, 2.45) is 0 Å². The summed E-state index contributed by atoms with van der Waals surface area (Å²) >= 11 is 0. The lowest BCUT2D eigenvalue weighted by atomic mass is 9.86. The van der Waals surface area contributed by atoms with Gasteiger partial charge >= 0.3 is 6.09 Å². The first kappa shape index (κ1) is 24.4. The van der Waals surface area contributed by atoms with Gasteiger partial charge in [-0.25, -0.2) is 4.79 Å². The van der Waals surface area contributed by atoms with Gasteiger partial charge in [-0.15, -0.1) is 0 Å². The molecule has 0 saturated heterocycles. The predicted octanol–water partition coefficient (Wildman–Crippen LogP) is 6.99. The zero-order valence-electron chi connectivity index (χ0n) is 20.3. The summed E-state index contributed by atoms with van der Waals surface area (Å²) in [5, 5.41) is 3.05. The second-order valence-corrected chi connectivity index (χ2v) is 9.39. The smallest absolute Gasteiger partial charge is 0.407 e. The molecule has 2 atom stereocenters. The highest BCUT2D eigenvalue weighted by Crippen LogP contribution is 2.35. The maximum absolute atomic E-state index is 12.5. The molecule has 33 heavy (non-hydrogen) atoms. The highest BCUT2D eigenvalue weighted by atomic mass is 16.6. The van der Waals surface area contributed by atoms with Gasteiger partial charge in [-0.3, -0.25) is 0 Å². The van der Waals surface area contributed by atoms with Crippen LogP contribution in [0.25, 0.3) is 11.1 Å². The van der Waals surface area contributed by atoms with E-state index >= 15 is 0 Å². The number of ether oxygens (including phenoxy) is 2. The number of benzene rings is 3. The van der Waals surface area contributed by atoms with Crippen molar-refractivity contribution < 1.29 is 14.3 Å². The van der Waals surface area contributed by atoms with Crippen LogP contribution in [0.2, 0.25) is 0 Å². The van der Waals surface area contributed by atoms with Gasteiger partial charge in [-0.05, 0) is 63.3 Å². The lowest BCUT2D eigenvalue weighted by Crippen LogP contribution is -2.40. The molecule has 0 aromatic heterocycles. The van der Waals surface area contributed by atoms with Crippen LogP contribution in [-0.4, -0.2) is 24.8 Å². The molecule has 0 aliphatic carbocycles. The van der Waals surface area contributed by atoms with Gasteiger partial charge < -0.3 is 14.8 Å². The topological polar surface area (TPSA) is 47.6 Å². The Balaban J connectivity index is 1.88. The fraction of sp³-hybridized carbons (Fsp3) is 0.345. The van der Waals surface area contributed by atoms with E-state index in [2.05, 4.69) is 59.9 Å². The van der Waals surface area contributed by atoms with Crippen molar-refractivity contribution in [2.45, 2.75) is 58.1 Å². The van der Waals surface area contributed by atoms with Crippen molar-refractivity contribution in [1.29, 1.82) is 0 Å². The number of carbonyl (C=O) groups is 1. The number of hydrogen-bond acceptors (Lipinski definition) is 3. The summed E-state index contributed by atoms with van der Waals surface area (Å²) in [7, 11) is 1.70. The van der Waals surface area contributed by atoms with Gasteiger partial charge in [-0.2, -0.15) is 0 Å². The highest BCUT2D eigenvalue weighted by Gasteiger charge is 2.25. The third-order valence-corrected chi connectivity index (χ3v) is 5.67. The third kappa shape index (κ3) is 7.11. The Morgan fingerprint density at radius 3 is 2.18 bits per heavy atom.